The zero-order valence-electron chi connectivity index (χ0n) is 17.8. The van der Waals surface area contributed by atoms with Crippen LogP contribution in [0.2, 0.25) is 0 Å². The SMILES string of the molecule is CCCCCCCC(OCC1CO1)C(CC)C(OCC)(OCC)OCC. The van der Waals surface area contributed by atoms with Crippen LogP contribution in [0.25, 0.3) is 0 Å². The molecule has 1 heterocycles. The molecule has 0 amide bonds. The highest BCUT2D eigenvalue weighted by molar-refractivity contribution is 4.81. The molecule has 0 aromatic carbocycles. The molecule has 5 nitrogen and oxygen atoms in total. The number of rotatable bonds is 18. The third-order valence-electron chi connectivity index (χ3n) is 4.87. The minimum Gasteiger partial charge on any atom is -0.375 e. The molecular formula is C21H42O5. The standard InChI is InChI=1S/C21H42O5/c1-6-11-12-13-14-15-20(23-17-18-16-22-18)19(7-2)21(24-8-3,25-9-4)26-10-5/h18-20H,6-17H2,1-5H3. The number of hydrogen-bond donors (Lipinski definition) is 0. The van der Waals surface area contributed by atoms with Crippen molar-refractivity contribution < 1.29 is 23.7 Å². The quantitative estimate of drug-likeness (QED) is 0.194. The summed E-state index contributed by atoms with van der Waals surface area (Å²) in [7, 11) is 0. The Bertz CT molecular complexity index is 315. The largest absolute Gasteiger partial charge is 0.375 e. The van der Waals surface area contributed by atoms with Crippen LogP contribution in [-0.4, -0.2) is 51.2 Å². The smallest absolute Gasteiger partial charge is 0.288 e. The van der Waals surface area contributed by atoms with Crippen LogP contribution in [0.5, 0.6) is 0 Å². The van der Waals surface area contributed by atoms with Crippen molar-refractivity contribution in [3.8, 4) is 0 Å². The zero-order chi connectivity index (χ0) is 19.3. The van der Waals surface area contributed by atoms with E-state index in [0.29, 0.717) is 26.4 Å². The van der Waals surface area contributed by atoms with Crippen LogP contribution in [0.3, 0.4) is 0 Å². The summed E-state index contributed by atoms with van der Waals surface area (Å²) in [5.74, 6) is -0.988. The fourth-order valence-electron chi connectivity index (χ4n) is 3.54. The molecule has 1 saturated heterocycles. The molecule has 0 aromatic rings. The number of unbranched alkanes of at least 4 members (excludes halogenated alkanes) is 4. The van der Waals surface area contributed by atoms with Gasteiger partial charge in [0.25, 0.3) is 5.97 Å². The van der Waals surface area contributed by atoms with E-state index in [1.165, 1.54) is 25.7 Å². The maximum absolute atomic E-state index is 6.31. The molecule has 1 aliphatic heterocycles. The van der Waals surface area contributed by atoms with Gasteiger partial charge in [-0.3, -0.25) is 0 Å². The predicted octanol–water partition coefficient (Wildman–Crippen LogP) is 4.92. The summed E-state index contributed by atoms with van der Waals surface area (Å²) in [6.45, 7) is 13.5. The van der Waals surface area contributed by atoms with Gasteiger partial charge in [0, 0.05) is 19.8 Å². The van der Waals surface area contributed by atoms with Crippen molar-refractivity contribution in [2.24, 2.45) is 5.92 Å². The summed E-state index contributed by atoms with van der Waals surface area (Å²) in [4.78, 5) is 0. The summed E-state index contributed by atoms with van der Waals surface area (Å²) in [5.41, 5.74) is 0. The van der Waals surface area contributed by atoms with Crippen molar-refractivity contribution in [3.63, 3.8) is 0 Å². The Morgan fingerprint density at radius 2 is 1.46 bits per heavy atom. The van der Waals surface area contributed by atoms with Crippen LogP contribution in [0.4, 0.5) is 0 Å². The maximum Gasteiger partial charge on any atom is 0.288 e. The lowest BCUT2D eigenvalue weighted by Gasteiger charge is -2.42. The van der Waals surface area contributed by atoms with Gasteiger partial charge >= 0.3 is 0 Å². The van der Waals surface area contributed by atoms with E-state index in [9.17, 15) is 0 Å². The Labute approximate surface area is 161 Å². The first-order valence-electron chi connectivity index (χ1n) is 10.8. The number of ether oxygens (including phenoxy) is 5. The van der Waals surface area contributed by atoms with Gasteiger partial charge in [-0.1, -0.05) is 46.0 Å². The molecule has 3 atom stereocenters. The zero-order valence-corrected chi connectivity index (χ0v) is 17.8. The van der Waals surface area contributed by atoms with E-state index in [0.717, 1.165) is 25.9 Å². The topological polar surface area (TPSA) is 49.5 Å². The number of epoxide rings is 1. The third kappa shape index (κ3) is 8.22. The van der Waals surface area contributed by atoms with Crippen LogP contribution in [0, 0.1) is 5.92 Å². The molecule has 26 heavy (non-hydrogen) atoms. The fourth-order valence-corrected chi connectivity index (χ4v) is 3.54. The fraction of sp³-hybridized carbons (Fsp3) is 1.00. The second-order valence-corrected chi connectivity index (χ2v) is 6.95. The van der Waals surface area contributed by atoms with Crippen molar-refractivity contribution in [1.29, 1.82) is 0 Å². The highest BCUT2D eigenvalue weighted by atomic mass is 16.9. The molecule has 3 unspecified atom stereocenters. The Hall–Kier alpha value is -0.200. The minimum absolute atomic E-state index is 0.0345. The first-order valence-corrected chi connectivity index (χ1v) is 10.8. The van der Waals surface area contributed by atoms with E-state index in [1.807, 2.05) is 20.8 Å². The van der Waals surface area contributed by atoms with Crippen LogP contribution < -0.4 is 0 Å². The molecule has 156 valence electrons. The van der Waals surface area contributed by atoms with Gasteiger partial charge in [-0.2, -0.15) is 0 Å². The van der Waals surface area contributed by atoms with Crippen molar-refractivity contribution in [2.45, 2.75) is 97.7 Å². The average molecular weight is 375 g/mol. The lowest BCUT2D eigenvalue weighted by Crippen LogP contribution is -2.51. The third-order valence-corrected chi connectivity index (χ3v) is 4.87. The van der Waals surface area contributed by atoms with Gasteiger partial charge in [0.1, 0.15) is 6.10 Å². The van der Waals surface area contributed by atoms with Gasteiger partial charge in [-0.05, 0) is 33.6 Å². The predicted molar refractivity (Wildman–Crippen MR) is 104 cm³/mol. The molecule has 0 aliphatic carbocycles. The molecule has 0 aromatic heterocycles. The van der Waals surface area contributed by atoms with E-state index < -0.39 is 5.97 Å². The summed E-state index contributed by atoms with van der Waals surface area (Å²) < 4.78 is 29.8. The normalized spacial score (nSPS) is 19.5. The Morgan fingerprint density at radius 1 is 0.885 bits per heavy atom. The first-order chi connectivity index (χ1) is 12.7. The summed E-state index contributed by atoms with van der Waals surface area (Å²) in [5, 5.41) is 0. The van der Waals surface area contributed by atoms with E-state index in [1.54, 1.807) is 0 Å². The second kappa shape index (κ2) is 13.9. The molecule has 0 radical (unpaired) electrons. The molecule has 1 rings (SSSR count). The van der Waals surface area contributed by atoms with Gasteiger partial charge in [0.2, 0.25) is 0 Å². The Balaban J connectivity index is 2.81. The number of hydrogen-bond acceptors (Lipinski definition) is 5. The molecule has 0 bridgehead atoms. The average Bonchev–Trinajstić information content (AvgIpc) is 3.44. The highest BCUT2D eigenvalue weighted by Gasteiger charge is 2.46. The lowest BCUT2D eigenvalue weighted by molar-refractivity contribution is -0.411. The molecule has 0 N–H and O–H groups in total. The molecule has 0 saturated carbocycles. The summed E-state index contributed by atoms with van der Waals surface area (Å²) in [6, 6.07) is 0. The lowest BCUT2D eigenvalue weighted by atomic mass is 9.91. The van der Waals surface area contributed by atoms with Gasteiger partial charge in [-0.15, -0.1) is 0 Å². The maximum atomic E-state index is 6.31. The molecule has 0 spiro atoms. The van der Waals surface area contributed by atoms with Crippen molar-refractivity contribution in [1.82, 2.24) is 0 Å². The van der Waals surface area contributed by atoms with Crippen LogP contribution in [0.1, 0.15) is 79.6 Å². The first kappa shape index (κ1) is 23.8. The molecule has 1 aliphatic rings. The van der Waals surface area contributed by atoms with Gasteiger partial charge in [-0.25, -0.2) is 0 Å². The molecular weight excluding hydrogens is 332 g/mol. The molecule has 5 heteroatoms. The monoisotopic (exact) mass is 374 g/mol. The molecule has 1 fully saturated rings. The van der Waals surface area contributed by atoms with Crippen LogP contribution in [0.15, 0.2) is 0 Å². The minimum atomic E-state index is -1.02. The van der Waals surface area contributed by atoms with E-state index >= 15 is 0 Å². The van der Waals surface area contributed by atoms with E-state index in [2.05, 4.69) is 13.8 Å². The van der Waals surface area contributed by atoms with Gasteiger partial charge in [0.15, 0.2) is 0 Å². The van der Waals surface area contributed by atoms with Crippen molar-refractivity contribution >= 4 is 0 Å². The van der Waals surface area contributed by atoms with Crippen molar-refractivity contribution in [2.75, 3.05) is 33.0 Å². The Morgan fingerprint density at radius 3 is 1.92 bits per heavy atom. The van der Waals surface area contributed by atoms with Gasteiger partial charge < -0.3 is 23.7 Å². The van der Waals surface area contributed by atoms with Crippen LogP contribution in [-0.2, 0) is 23.7 Å². The second-order valence-electron chi connectivity index (χ2n) is 6.95. The van der Waals surface area contributed by atoms with Gasteiger partial charge in [0.05, 0.1) is 25.2 Å². The summed E-state index contributed by atoms with van der Waals surface area (Å²) >= 11 is 0. The van der Waals surface area contributed by atoms with Crippen LogP contribution >= 0.6 is 0 Å². The Kier molecular flexibility index (Phi) is 12.7. The van der Waals surface area contributed by atoms with E-state index in [4.69, 9.17) is 23.7 Å². The van der Waals surface area contributed by atoms with Crippen molar-refractivity contribution in [3.05, 3.63) is 0 Å². The summed E-state index contributed by atoms with van der Waals surface area (Å²) in [6.07, 6.45) is 8.46. The van der Waals surface area contributed by atoms with E-state index in [-0.39, 0.29) is 18.1 Å². The highest BCUT2D eigenvalue weighted by Crippen LogP contribution is 2.35.